The third kappa shape index (κ3) is 1.91. The van der Waals surface area contributed by atoms with Gasteiger partial charge >= 0.3 is 0 Å². The molecular weight excluding hydrogens is 128 g/mol. The third-order valence-corrected chi connectivity index (χ3v) is 1.85. The summed E-state index contributed by atoms with van der Waals surface area (Å²) < 4.78 is 0. The summed E-state index contributed by atoms with van der Waals surface area (Å²) >= 11 is 0. The van der Waals surface area contributed by atoms with Gasteiger partial charge < -0.3 is 5.73 Å². The summed E-state index contributed by atoms with van der Waals surface area (Å²) in [5.41, 5.74) is 11.5. The van der Waals surface area contributed by atoms with E-state index in [1.807, 2.05) is 6.92 Å². The highest BCUT2D eigenvalue weighted by Gasteiger charge is 2.26. The summed E-state index contributed by atoms with van der Waals surface area (Å²) in [5.74, 6) is -0.630. The van der Waals surface area contributed by atoms with Crippen molar-refractivity contribution in [3.63, 3.8) is 0 Å². The Morgan fingerprint density at radius 3 is 1.90 bits per heavy atom. The summed E-state index contributed by atoms with van der Waals surface area (Å²) in [6, 6.07) is -0.0671. The number of hydrogen-bond donors (Lipinski definition) is 4. The van der Waals surface area contributed by atoms with Gasteiger partial charge in [0.15, 0.2) is 0 Å². The first kappa shape index (κ1) is 9.84. The van der Waals surface area contributed by atoms with Crippen LogP contribution in [-0.4, -0.2) is 25.9 Å². The Labute approximate surface area is 62.3 Å². The van der Waals surface area contributed by atoms with E-state index in [0.717, 1.165) is 6.42 Å². The average Bonchev–Trinajstić information content (AvgIpc) is 2.01. The first-order chi connectivity index (χ1) is 4.60. The van der Waals surface area contributed by atoms with Crippen molar-refractivity contribution in [2.75, 3.05) is 14.1 Å². The lowest BCUT2D eigenvalue weighted by Crippen LogP contribution is -2.71. The third-order valence-electron chi connectivity index (χ3n) is 1.85. The van der Waals surface area contributed by atoms with Gasteiger partial charge in [-0.15, -0.1) is 0 Å². The molecule has 0 aliphatic heterocycles. The minimum absolute atomic E-state index is 0.0671. The number of nitrogens with two attached hydrogens (primary N) is 2. The van der Waals surface area contributed by atoms with E-state index < -0.39 is 5.79 Å². The fourth-order valence-electron chi connectivity index (χ4n) is 0.818. The Hall–Kier alpha value is -0.160. The molecule has 0 aromatic carbocycles. The summed E-state index contributed by atoms with van der Waals surface area (Å²) in [4.78, 5) is 0. The van der Waals surface area contributed by atoms with E-state index in [-0.39, 0.29) is 6.04 Å². The molecule has 6 N–H and O–H groups in total. The van der Waals surface area contributed by atoms with Gasteiger partial charge in [0.25, 0.3) is 0 Å². The Kier molecular flexibility index (Phi) is 3.81. The molecule has 62 valence electrons. The summed E-state index contributed by atoms with van der Waals surface area (Å²) in [6.45, 7) is 2.00. The SMILES string of the molecule is CCC(N)C(N)(NC)NC. The lowest BCUT2D eigenvalue weighted by atomic mass is 10.1. The Balaban J connectivity index is 4.02. The van der Waals surface area contributed by atoms with Crippen LogP contribution in [0.5, 0.6) is 0 Å². The minimum atomic E-state index is -0.630. The highest BCUT2D eigenvalue weighted by Crippen LogP contribution is 1.98. The molecule has 4 heteroatoms. The molecule has 0 aromatic heterocycles. The number of nitrogens with one attached hydrogen (secondary N) is 2. The molecule has 1 atom stereocenters. The van der Waals surface area contributed by atoms with Gasteiger partial charge in [0.2, 0.25) is 0 Å². The van der Waals surface area contributed by atoms with Gasteiger partial charge in [-0.2, -0.15) is 0 Å². The zero-order valence-electron chi connectivity index (χ0n) is 6.94. The molecule has 0 radical (unpaired) electrons. The van der Waals surface area contributed by atoms with Crippen LogP contribution in [0.1, 0.15) is 13.3 Å². The smallest absolute Gasteiger partial charge is 0.136 e. The molecule has 0 fully saturated rings. The van der Waals surface area contributed by atoms with Crippen LogP contribution in [0.3, 0.4) is 0 Å². The second-order valence-electron chi connectivity index (χ2n) is 2.38. The first-order valence-corrected chi connectivity index (χ1v) is 3.53. The van der Waals surface area contributed by atoms with Crippen molar-refractivity contribution in [2.45, 2.75) is 25.2 Å². The standard InChI is InChI=1S/C6H18N4/c1-4-5(7)6(8,9-2)10-3/h5,9-10H,4,7-8H2,1-3H3. The van der Waals surface area contributed by atoms with Crippen LogP contribution >= 0.6 is 0 Å². The fraction of sp³-hybridized carbons (Fsp3) is 1.00. The van der Waals surface area contributed by atoms with E-state index in [2.05, 4.69) is 10.6 Å². The van der Waals surface area contributed by atoms with E-state index >= 15 is 0 Å². The molecule has 0 amide bonds. The summed E-state index contributed by atoms with van der Waals surface area (Å²) in [5, 5.41) is 5.84. The Morgan fingerprint density at radius 2 is 1.80 bits per heavy atom. The van der Waals surface area contributed by atoms with Gasteiger partial charge in [-0.1, -0.05) is 6.92 Å². The van der Waals surface area contributed by atoms with Crippen LogP contribution in [0.15, 0.2) is 0 Å². The normalized spacial score (nSPS) is 15.3. The van der Waals surface area contributed by atoms with Crippen molar-refractivity contribution in [2.24, 2.45) is 11.5 Å². The second kappa shape index (κ2) is 3.88. The van der Waals surface area contributed by atoms with Crippen LogP contribution in [0.2, 0.25) is 0 Å². The first-order valence-electron chi connectivity index (χ1n) is 3.53. The second-order valence-corrected chi connectivity index (χ2v) is 2.38. The van der Waals surface area contributed by atoms with E-state index in [9.17, 15) is 0 Å². The van der Waals surface area contributed by atoms with Gasteiger partial charge in [0.05, 0.1) is 0 Å². The Bertz CT molecular complexity index is 89.7. The van der Waals surface area contributed by atoms with Gasteiger partial charge in [-0.05, 0) is 20.5 Å². The molecule has 0 aliphatic carbocycles. The topological polar surface area (TPSA) is 76.1 Å². The maximum Gasteiger partial charge on any atom is 0.136 e. The van der Waals surface area contributed by atoms with Crippen LogP contribution in [0, 0.1) is 0 Å². The molecule has 0 aromatic rings. The zero-order valence-corrected chi connectivity index (χ0v) is 6.94. The van der Waals surface area contributed by atoms with Crippen LogP contribution in [0.4, 0.5) is 0 Å². The number of likely N-dealkylation sites (N-methyl/N-ethyl adjacent to an activating group) is 2. The predicted octanol–water partition coefficient (Wildman–Crippen LogP) is -1.22. The molecule has 4 nitrogen and oxygen atoms in total. The number of hydrogen-bond acceptors (Lipinski definition) is 4. The van der Waals surface area contributed by atoms with Crippen molar-refractivity contribution in [1.82, 2.24) is 10.6 Å². The molecule has 0 saturated heterocycles. The Morgan fingerprint density at radius 1 is 1.40 bits per heavy atom. The average molecular weight is 146 g/mol. The molecular formula is C6H18N4. The van der Waals surface area contributed by atoms with Gasteiger partial charge in [-0.3, -0.25) is 16.4 Å². The van der Waals surface area contributed by atoms with Crippen molar-refractivity contribution in [3.05, 3.63) is 0 Å². The molecule has 0 aliphatic rings. The molecule has 10 heavy (non-hydrogen) atoms. The van der Waals surface area contributed by atoms with E-state index in [0.29, 0.717) is 0 Å². The van der Waals surface area contributed by atoms with Gasteiger partial charge in [-0.25, -0.2) is 0 Å². The van der Waals surface area contributed by atoms with Crippen LogP contribution in [0.25, 0.3) is 0 Å². The van der Waals surface area contributed by atoms with Crippen molar-refractivity contribution < 1.29 is 0 Å². The predicted molar refractivity (Wildman–Crippen MR) is 43.3 cm³/mol. The minimum Gasteiger partial charge on any atom is -0.324 e. The number of rotatable bonds is 4. The molecule has 0 spiro atoms. The molecule has 0 bridgehead atoms. The monoisotopic (exact) mass is 146 g/mol. The quantitative estimate of drug-likeness (QED) is 0.375. The van der Waals surface area contributed by atoms with Crippen molar-refractivity contribution in [1.29, 1.82) is 0 Å². The van der Waals surface area contributed by atoms with E-state index in [1.165, 1.54) is 0 Å². The summed E-state index contributed by atoms with van der Waals surface area (Å²) in [6.07, 6.45) is 0.845. The molecule has 0 saturated carbocycles. The molecule has 1 unspecified atom stereocenters. The highest BCUT2D eigenvalue weighted by molar-refractivity contribution is 4.85. The molecule has 0 heterocycles. The fourth-order valence-corrected chi connectivity index (χ4v) is 0.818. The maximum absolute atomic E-state index is 5.80. The largest absolute Gasteiger partial charge is 0.324 e. The van der Waals surface area contributed by atoms with Gasteiger partial charge in [0, 0.05) is 6.04 Å². The lowest BCUT2D eigenvalue weighted by Gasteiger charge is -2.33. The summed E-state index contributed by atoms with van der Waals surface area (Å²) in [7, 11) is 3.57. The van der Waals surface area contributed by atoms with Crippen molar-refractivity contribution >= 4 is 0 Å². The van der Waals surface area contributed by atoms with Crippen molar-refractivity contribution in [3.8, 4) is 0 Å². The van der Waals surface area contributed by atoms with Crippen LogP contribution < -0.4 is 22.1 Å². The zero-order chi connectivity index (χ0) is 8.20. The van der Waals surface area contributed by atoms with Gasteiger partial charge in [0.1, 0.15) is 5.79 Å². The van der Waals surface area contributed by atoms with E-state index in [4.69, 9.17) is 11.5 Å². The highest BCUT2D eigenvalue weighted by atomic mass is 15.3. The lowest BCUT2D eigenvalue weighted by molar-refractivity contribution is 0.242. The molecule has 0 rings (SSSR count). The van der Waals surface area contributed by atoms with E-state index in [1.54, 1.807) is 14.1 Å². The maximum atomic E-state index is 5.80. The van der Waals surface area contributed by atoms with Crippen LogP contribution in [-0.2, 0) is 0 Å².